The van der Waals surface area contributed by atoms with Crippen LogP contribution in [0.1, 0.15) is 28.8 Å². The van der Waals surface area contributed by atoms with Crippen molar-refractivity contribution in [1.29, 1.82) is 0 Å². The summed E-state index contributed by atoms with van der Waals surface area (Å²) in [6, 6.07) is 12.9. The molecule has 2 aliphatic rings. The summed E-state index contributed by atoms with van der Waals surface area (Å²) in [6.45, 7) is 0.946. The third-order valence-corrected chi connectivity index (χ3v) is 4.74. The highest BCUT2D eigenvalue weighted by molar-refractivity contribution is 6.11. The maximum Gasteiger partial charge on any atom is 0.256 e. The zero-order chi connectivity index (χ0) is 16.7. The standard InChI is InChI=1S/C19H17FN2O2/c20-14-9-7-13(8-10-14)12-22-16-5-2-1-4-15(16)18(23)21-11-3-6-17(21)19(22)24/h1-2,4-5,7-10,17H,3,6,11-12H2/t17-/m0/s1. The molecule has 0 aliphatic carbocycles. The van der Waals surface area contributed by atoms with Gasteiger partial charge in [0.05, 0.1) is 17.8 Å². The van der Waals surface area contributed by atoms with Crippen molar-refractivity contribution < 1.29 is 14.0 Å². The van der Waals surface area contributed by atoms with Gasteiger partial charge in [-0.1, -0.05) is 24.3 Å². The van der Waals surface area contributed by atoms with Gasteiger partial charge in [0, 0.05) is 6.54 Å². The van der Waals surface area contributed by atoms with Crippen molar-refractivity contribution in [3.63, 3.8) is 0 Å². The number of para-hydroxylation sites is 1. The van der Waals surface area contributed by atoms with Gasteiger partial charge in [-0.3, -0.25) is 9.59 Å². The number of amides is 2. The molecule has 0 aromatic heterocycles. The minimum Gasteiger partial charge on any atom is -0.327 e. The molecule has 122 valence electrons. The van der Waals surface area contributed by atoms with Gasteiger partial charge in [0.15, 0.2) is 0 Å². The zero-order valence-electron chi connectivity index (χ0n) is 13.1. The van der Waals surface area contributed by atoms with Crippen LogP contribution in [0.15, 0.2) is 48.5 Å². The van der Waals surface area contributed by atoms with Crippen LogP contribution >= 0.6 is 0 Å². The van der Waals surface area contributed by atoms with Crippen LogP contribution in [0.4, 0.5) is 10.1 Å². The molecule has 2 aromatic carbocycles. The van der Waals surface area contributed by atoms with Crippen molar-refractivity contribution in [3.8, 4) is 0 Å². The average Bonchev–Trinajstić information content (AvgIpc) is 3.07. The molecule has 2 amide bonds. The lowest BCUT2D eigenvalue weighted by Crippen LogP contribution is -2.44. The maximum absolute atomic E-state index is 13.1. The van der Waals surface area contributed by atoms with Crippen molar-refractivity contribution in [2.45, 2.75) is 25.4 Å². The molecule has 0 bridgehead atoms. The summed E-state index contributed by atoms with van der Waals surface area (Å²) in [5.41, 5.74) is 2.02. The molecule has 4 nitrogen and oxygen atoms in total. The van der Waals surface area contributed by atoms with Gasteiger partial charge in [0.2, 0.25) is 5.91 Å². The highest BCUT2D eigenvalue weighted by Crippen LogP contribution is 2.33. The first kappa shape index (κ1) is 14.9. The number of halogens is 1. The molecular formula is C19H17FN2O2. The minimum atomic E-state index is -0.398. The van der Waals surface area contributed by atoms with Gasteiger partial charge in [0.1, 0.15) is 11.9 Å². The summed E-state index contributed by atoms with van der Waals surface area (Å²) in [5, 5.41) is 0. The van der Waals surface area contributed by atoms with E-state index in [-0.39, 0.29) is 17.6 Å². The fraction of sp³-hybridized carbons (Fsp3) is 0.263. The molecule has 1 fully saturated rings. The van der Waals surface area contributed by atoms with Crippen molar-refractivity contribution in [3.05, 3.63) is 65.5 Å². The Bertz CT molecular complexity index is 803. The van der Waals surface area contributed by atoms with E-state index in [4.69, 9.17) is 0 Å². The number of nitrogens with zero attached hydrogens (tertiary/aromatic N) is 2. The molecule has 0 saturated carbocycles. The second-order valence-electron chi connectivity index (χ2n) is 6.22. The lowest BCUT2D eigenvalue weighted by Gasteiger charge is -2.26. The summed E-state index contributed by atoms with van der Waals surface area (Å²) in [7, 11) is 0. The Morgan fingerprint density at radius 2 is 1.79 bits per heavy atom. The highest BCUT2D eigenvalue weighted by atomic mass is 19.1. The van der Waals surface area contributed by atoms with Gasteiger partial charge >= 0.3 is 0 Å². The third kappa shape index (κ3) is 2.37. The fourth-order valence-electron chi connectivity index (χ4n) is 3.55. The largest absolute Gasteiger partial charge is 0.327 e. The Morgan fingerprint density at radius 1 is 1.04 bits per heavy atom. The summed E-state index contributed by atoms with van der Waals surface area (Å²) in [5.74, 6) is -0.448. The molecule has 2 heterocycles. The van der Waals surface area contributed by atoms with Gasteiger partial charge in [-0.15, -0.1) is 0 Å². The first-order valence-corrected chi connectivity index (χ1v) is 8.11. The lowest BCUT2D eigenvalue weighted by atomic mass is 10.1. The molecular weight excluding hydrogens is 307 g/mol. The lowest BCUT2D eigenvalue weighted by molar-refractivity contribution is -0.122. The maximum atomic E-state index is 13.1. The van der Waals surface area contributed by atoms with Crippen LogP contribution in [-0.2, 0) is 11.3 Å². The molecule has 0 spiro atoms. The molecule has 1 atom stereocenters. The second-order valence-corrected chi connectivity index (χ2v) is 6.22. The van der Waals surface area contributed by atoms with E-state index in [1.807, 2.05) is 12.1 Å². The molecule has 2 aromatic rings. The van der Waals surface area contributed by atoms with Crippen molar-refractivity contribution >= 4 is 17.5 Å². The summed E-state index contributed by atoms with van der Waals surface area (Å²) < 4.78 is 13.1. The number of hydrogen-bond donors (Lipinski definition) is 0. The SMILES string of the molecule is O=C1[C@@H]2CCCN2C(=O)c2ccccc2N1Cc1ccc(F)cc1. The number of rotatable bonds is 2. The van der Waals surface area contributed by atoms with E-state index in [0.717, 1.165) is 12.0 Å². The first-order chi connectivity index (χ1) is 11.6. The summed E-state index contributed by atoms with van der Waals surface area (Å²) >= 11 is 0. The summed E-state index contributed by atoms with van der Waals surface area (Å²) in [4.78, 5) is 29.2. The van der Waals surface area contributed by atoms with Crippen LogP contribution in [0.25, 0.3) is 0 Å². The Hall–Kier alpha value is -2.69. The Kier molecular flexibility index (Phi) is 3.56. The molecule has 1 saturated heterocycles. The Balaban J connectivity index is 1.78. The molecule has 0 unspecified atom stereocenters. The van der Waals surface area contributed by atoms with Crippen molar-refractivity contribution in [2.24, 2.45) is 0 Å². The number of carbonyl (C=O) groups is 2. The van der Waals surface area contributed by atoms with Crippen LogP contribution < -0.4 is 4.90 Å². The average molecular weight is 324 g/mol. The molecule has 24 heavy (non-hydrogen) atoms. The molecule has 2 aliphatic heterocycles. The minimum absolute atomic E-state index is 0.0601. The highest BCUT2D eigenvalue weighted by Gasteiger charge is 2.41. The van der Waals surface area contributed by atoms with Gasteiger partial charge in [-0.05, 0) is 42.7 Å². The predicted octanol–water partition coefficient (Wildman–Crippen LogP) is 2.98. The van der Waals surface area contributed by atoms with Gasteiger partial charge in [-0.25, -0.2) is 4.39 Å². The number of anilines is 1. The van der Waals surface area contributed by atoms with Crippen molar-refractivity contribution in [2.75, 3.05) is 11.4 Å². The summed E-state index contributed by atoms with van der Waals surface area (Å²) in [6.07, 6.45) is 1.53. The van der Waals surface area contributed by atoms with Crippen LogP contribution in [0, 0.1) is 5.82 Å². The number of hydrogen-bond acceptors (Lipinski definition) is 2. The van der Waals surface area contributed by atoms with Crippen LogP contribution in [-0.4, -0.2) is 29.3 Å². The van der Waals surface area contributed by atoms with Gasteiger partial charge in [-0.2, -0.15) is 0 Å². The quantitative estimate of drug-likeness (QED) is 0.852. The van der Waals surface area contributed by atoms with Crippen LogP contribution in [0.5, 0.6) is 0 Å². The predicted molar refractivity (Wildman–Crippen MR) is 88.1 cm³/mol. The van der Waals surface area contributed by atoms with Crippen molar-refractivity contribution in [1.82, 2.24) is 4.90 Å². The number of carbonyl (C=O) groups excluding carboxylic acids is 2. The molecule has 0 radical (unpaired) electrons. The topological polar surface area (TPSA) is 40.6 Å². The number of fused-ring (bicyclic) bond motifs is 2. The number of benzene rings is 2. The van der Waals surface area contributed by atoms with E-state index in [1.54, 1.807) is 34.1 Å². The van der Waals surface area contributed by atoms with E-state index >= 15 is 0 Å². The molecule has 5 heteroatoms. The third-order valence-electron chi connectivity index (χ3n) is 4.74. The van der Waals surface area contributed by atoms with E-state index in [9.17, 15) is 14.0 Å². The fourth-order valence-corrected chi connectivity index (χ4v) is 3.55. The first-order valence-electron chi connectivity index (χ1n) is 8.11. The van der Waals surface area contributed by atoms with Gasteiger partial charge < -0.3 is 9.80 Å². The Labute approximate surface area is 139 Å². The van der Waals surface area contributed by atoms with Gasteiger partial charge in [0.25, 0.3) is 5.91 Å². The van der Waals surface area contributed by atoms with E-state index in [0.29, 0.717) is 30.8 Å². The van der Waals surface area contributed by atoms with E-state index in [1.165, 1.54) is 12.1 Å². The normalized spacial score (nSPS) is 20.0. The molecule has 0 N–H and O–H groups in total. The van der Waals surface area contributed by atoms with Crippen LogP contribution in [0.2, 0.25) is 0 Å². The monoisotopic (exact) mass is 324 g/mol. The Morgan fingerprint density at radius 3 is 2.58 bits per heavy atom. The van der Waals surface area contributed by atoms with E-state index < -0.39 is 6.04 Å². The molecule has 4 rings (SSSR count). The van der Waals surface area contributed by atoms with Crippen LogP contribution in [0.3, 0.4) is 0 Å². The zero-order valence-corrected chi connectivity index (χ0v) is 13.1. The second kappa shape index (κ2) is 5.74. The smallest absolute Gasteiger partial charge is 0.256 e. The van der Waals surface area contributed by atoms with E-state index in [2.05, 4.69) is 0 Å².